The van der Waals surface area contributed by atoms with Crippen LogP contribution in [0.4, 0.5) is 0 Å². The molecule has 68 valence electrons. The Morgan fingerprint density at radius 2 is 1.42 bits per heavy atom. The van der Waals surface area contributed by atoms with Gasteiger partial charge in [-0.15, -0.1) is 0 Å². The average Bonchev–Trinajstić information content (AvgIpc) is 2.48. The van der Waals surface area contributed by atoms with Crippen LogP contribution in [0.5, 0.6) is 0 Å². The molecule has 0 aromatic heterocycles. The third kappa shape index (κ3) is 1.89. The molecule has 0 atom stereocenters. The monoisotopic (exact) mass is 165 g/mol. The lowest BCUT2D eigenvalue weighted by Crippen LogP contribution is -2.32. The number of nitrogens with zero attached hydrogens (tertiary/aromatic N) is 1. The fourth-order valence-corrected chi connectivity index (χ4v) is 2.42. The Balaban J connectivity index is 1.84. The second kappa shape index (κ2) is 4.08. The second-order valence-corrected chi connectivity index (χ2v) is 4.07. The Morgan fingerprint density at radius 3 is 2.00 bits per heavy atom. The maximum atomic E-state index is 2.63. The predicted molar refractivity (Wildman–Crippen MR) is 52.2 cm³/mol. The molecule has 0 unspecified atom stereocenters. The first-order chi connectivity index (χ1) is 5.97. The molecule has 1 aliphatic heterocycles. The van der Waals surface area contributed by atoms with E-state index in [2.05, 4.69) is 17.1 Å². The zero-order valence-corrected chi connectivity index (χ0v) is 7.84. The van der Waals surface area contributed by atoms with Gasteiger partial charge in [-0.25, -0.2) is 0 Å². The highest BCUT2D eigenvalue weighted by Gasteiger charge is 2.19. The van der Waals surface area contributed by atoms with Crippen molar-refractivity contribution in [2.45, 2.75) is 44.6 Å². The van der Waals surface area contributed by atoms with E-state index in [1.165, 1.54) is 51.6 Å². The van der Waals surface area contributed by atoms with Gasteiger partial charge in [0.25, 0.3) is 0 Å². The number of hydrogen-bond acceptors (Lipinski definition) is 1. The fraction of sp³-hybridized carbons (Fsp3) is 0.818. The molecule has 1 nitrogen and oxygen atoms in total. The van der Waals surface area contributed by atoms with Crippen LogP contribution in [0.15, 0.2) is 12.2 Å². The van der Waals surface area contributed by atoms with Crippen molar-refractivity contribution in [3.63, 3.8) is 0 Å². The van der Waals surface area contributed by atoms with Gasteiger partial charge in [0.2, 0.25) is 0 Å². The van der Waals surface area contributed by atoms with Gasteiger partial charge < -0.3 is 0 Å². The summed E-state index contributed by atoms with van der Waals surface area (Å²) in [6.45, 7) is 2.43. The fourth-order valence-electron chi connectivity index (χ4n) is 2.42. The first-order valence-electron chi connectivity index (χ1n) is 5.36. The molecule has 0 aromatic carbocycles. The van der Waals surface area contributed by atoms with Crippen molar-refractivity contribution in [1.82, 2.24) is 4.90 Å². The van der Waals surface area contributed by atoms with E-state index in [1.807, 2.05) is 0 Å². The molecule has 1 fully saturated rings. The summed E-state index contributed by atoms with van der Waals surface area (Å²) in [5, 5.41) is 0. The third-order valence-electron chi connectivity index (χ3n) is 3.19. The summed E-state index contributed by atoms with van der Waals surface area (Å²) in [5.41, 5.74) is 0. The highest BCUT2D eigenvalue weighted by molar-refractivity contribution is 4.97. The zero-order valence-electron chi connectivity index (χ0n) is 7.84. The minimum absolute atomic E-state index is 0.905. The molecule has 1 heteroatoms. The highest BCUT2D eigenvalue weighted by Crippen LogP contribution is 2.22. The summed E-state index contributed by atoms with van der Waals surface area (Å²) in [7, 11) is 0. The first kappa shape index (κ1) is 8.31. The molecule has 1 heterocycles. The zero-order chi connectivity index (χ0) is 8.23. The molecule has 0 radical (unpaired) electrons. The maximum Gasteiger partial charge on any atom is 0.0169 e. The van der Waals surface area contributed by atoms with Gasteiger partial charge in [-0.05, 0) is 12.8 Å². The normalized spacial score (nSPS) is 27.7. The molecule has 2 aliphatic rings. The Bertz CT molecular complexity index is 146. The molecule has 0 saturated heterocycles. The van der Waals surface area contributed by atoms with Crippen LogP contribution in [-0.2, 0) is 0 Å². The van der Waals surface area contributed by atoms with Gasteiger partial charge in [0.1, 0.15) is 0 Å². The van der Waals surface area contributed by atoms with E-state index in [-0.39, 0.29) is 0 Å². The van der Waals surface area contributed by atoms with Gasteiger partial charge in [-0.3, -0.25) is 4.90 Å². The average molecular weight is 165 g/mol. The van der Waals surface area contributed by atoms with Crippen LogP contribution in [0.2, 0.25) is 0 Å². The van der Waals surface area contributed by atoms with Crippen LogP contribution in [0, 0.1) is 0 Å². The van der Waals surface area contributed by atoms with E-state index >= 15 is 0 Å². The van der Waals surface area contributed by atoms with E-state index in [0.717, 1.165) is 6.04 Å². The van der Waals surface area contributed by atoms with E-state index in [9.17, 15) is 0 Å². The molecular weight excluding hydrogens is 146 g/mol. The minimum Gasteiger partial charge on any atom is -0.293 e. The molecule has 1 saturated carbocycles. The summed E-state index contributed by atoms with van der Waals surface area (Å²) in [6.07, 6.45) is 13.4. The van der Waals surface area contributed by atoms with Crippen LogP contribution < -0.4 is 0 Å². The van der Waals surface area contributed by atoms with Crippen molar-refractivity contribution in [2.75, 3.05) is 13.1 Å². The maximum absolute atomic E-state index is 2.63. The molecule has 0 aromatic rings. The second-order valence-electron chi connectivity index (χ2n) is 4.07. The van der Waals surface area contributed by atoms with Crippen LogP contribution in [0.1, 0.15) is 38.5 Å². The Labute approximate surface area is 75.4 Å². The van der Waals surface area contributed by atoms with Gasteiger partial charge in [-0.2, -0.15) is 0 Å². The molecule has 0 spiro atoms. The summed E-state index contributed by atoms with van der Waals surface area (Å²) < 4.78 is 0. The van der Waals surface area contributed by atoms with Crippen molar-refractivity contribution in [1.29, 1.82) is 0 Å². The lowest BCUT2D eigenvalue weighted by molar-refractivity contribution is 0.230. The van der Waals surface area contributed by atoms with Crippen molar-refractivity contribution in [3.05, 3.63) is 12.2 Å². The van der Waals surface area contributed by atoms with Gasteiger partial charge in [0.15, 0.2) is 0 Å². The third-order valence-corrected chi connectivity index (χ3v) is 3.19. The topological polar surface area (TPSA) is 3.24 Å². The van der Waals surface area contributed by atoms with Gasteiger partial charge >= 0.3 is 0 Å². The minimum atomic E-state index is 0.905. The quantitative estimate of drug-likeness (QED) is 0.426. The van der Waals surface area contributed by atoms with Crippen molar-refractivity contribution in [3.8, 4) is 0 Å². The summed E-state index contributed by atoms with van der Waals surface area (Å²) >= 11 is 0. The van der Waals surface area contributed by atoms with E-state index in [1.54, 1.807) is 0 Å². The van der Waals surface area contributed by atoms with Gasteiger partial charge in [0.05, 0.1) is 0 Å². The Kier molecular flexibility index (Phi) is 2.83. The summed E-state index contributed by atoms with van der Waals surface area (Å²) in [5.74, 6) is 0. The first-order valence-corrected chi connectivity index (χ1v) is 5.36. The Morgan fingerprint density at radius 1 is 0.833 bits per heavy atom. The Hall–Kier alpha value is -0.300. The van der Waals surface area contributed by atoms with Crippen molar-refractivity contribution < 1.29 is 0 Å². The van der Waals surface area contributed by atoms with Crippen LogP contribution in [-0.4, -0.2) is 24.0 Å². The van der Waals surface area contributed by atoms with Gasteiger partial charge in [-0.1, -0.05) is 37.8 Å². The number of rotatable bonds is 1. The smallest absolute Gasteiger partial charge is 0.0169 e. The molecule has 0 N–H and O–H groups in total. The van der Waals surface area contributed by atoms with E-state index < -0.39 is 0 Å². The van der Waals surface area contributed by atoms with Crippen LogP contribution >= 0.6 is 0 Å². The summed E-state index contributed by atoms with van der Waals surface area (Å²) in [6, 6.07) is 0.905. The van der Waals surface area contributed by atoms with Crippen molar-refractivity contribution in [2.24, 2.45) is 0 Å². The van der Waals surface area contributed by atoms with E-state index in [0.29, 0.717) is 0 Å². The molecular formula is C11H19N. The molecule has 1 aliphatic carbocycles. The van der Waals surface area contributed by atoms with Gasteiger partial charge in [0, 0.05) is 19.1 Å². The SMILES string of the molecule is C1=CCN(C2CCCCCC2)C1. The largest absolute Gasteiger partial charge is 0.293 e. The van der Waals surface area contributed by atoms with Crippen LogP contribution in [0.25, 0.3) is 0 Å². The van der Waals surface area contributed by atoms with Crippen molar-refractivity contribution >= 4 is 0 Å². The molecule has 0 amide bonds. The lowest BCUT2D eigenvalue weighted by atomic mass is 10.1. The molecule has 2 rings (SSSR count). The molecule has 0 bridgehead atoms. The van der Waals surface area contributed by atoms with E-state index in [4.69, 9.17) is 0 Å². The summed E-state index contributed by atoms with van der Waals surface area (Å²) in [4.78, 5) is 2.63. The highest BCUT2D eigenvalue weighted by atomic mass is 15.2. The molecule has 12 heavy (non-hydrogen) atoms. The van der Waals surface area contributed by atoms with Crippen LogP contribution in [0.3, 0.4) is 0 Å². The predicted octanol–water partition coefficient (Wildman–Crippen LogP) is 2.58. The number of hydrogen-bond donors (Lipinski definition) is 0. The lowest BCUT2D eigenvalue weighted by Gasteiger charge is -2.25. The standard InChI is InChI=1S/C11H19N/c1-2-4-8-11(7-3-1)12-9-5-6-10-12/h5-6,11H,1-4,7-10H2.